The molecule has 0 saturated carbocycles. The van der Waals surface area contributed by atoms with E-state index in [0.717, 1.165) is 22.7 Å². The second-order valence-electron chi connectivity index (χ2n) is 32.5. The number of primary amides is 1. The fourth-order valence-electron chi connectivity index (χ4n) is 14.8. The number of aliphatic hydroxyl groups is 2. The molecule has 3 aromatic rings. The molecule has 1 saturated heterocycles. The summed E-state index contributed by atoms with van der Waals surface area (Å²) >= 11 is 0. The maximum absolute atomic E-state index is 15.1. The van der Waals surface area contributed by atoms with Gasteiger partial charge >= 0.3 is 5.97 Å². The average Bonchev–Trinajstić information content (AvgIpc) is 0.778. The monoisotopic (exact) mass is 1840 g/mol. The van der Waals surface area contributed by atoms with Gasteiger partial charge in [-0.3, -0.25) is 62.3 Å². The number of unbranched alkanes of at least 4 members (excludes halogenated alkanes) is 1. The van der Waals surface area contributed by atoms with Crippen molar-refractivity contribution >= 4 is 114 Å². The van der Waals surface area contributed by atoms with E-state index in [-0.39, 0.29) is 82.4 Å². The van der Waals surface area contributed by atoms with Gasteiger partial charge in [0.25, 0.3) is 10.1 Å². The molecule has 39 nitrogen and oxygen atoms in total. The Morgan fingerprint density at radius 2 is 1.12 bits per heavy atom. The number of hydrogen-bond acceptors (Lipinski definition) is 23. The van der Waals surface area contributed by atoms with Crippen LogP contribution in [0, 0.1) is 23.7 Å². The van der Waals surface area contributed by atoms with E-state index in [1.165, 1.54) is 19.1 Å². The third kappa shape index (κ3) is 29.9. The highest BCUT2D eigenvalue weighted by atomic mass is 32.2. The minimum absolute atomic E-state index is 0.0170. The van der Waals surface area contributed by atoms with Crippen LogP contribution in [0.1, 0.15) is 166 Å². The molecule has 3 aromatic carbocycles. The second-order valence-corrected chi connectivity index (χ2v) is 35.6. The van der Waals surface area contributed by atoms with E-state index in [2.05, 4.69) is 77.7 Å². The van der Waals surface area contributed by atoms with E-state index in [9.17, 15) is 84.3 Å². The van der Waals surface area contributed by atoms with Gasteiger partial charge in [0.1, 0.15) is 95.9 Å². The first-order chi connectivity index (χ1) is 61.1. The number of carbonyl (C=O) groups is 12. The summed E-state index contributed by atoms with van der Waals surface area (Å²) in [4.78, 5) is 176. The Morgan fingerprint density at radius 1 is 0.589 bits per heavy atom. The molecule has 16 atom stereocenters. The van der Waals surface area contributed by atoms with Crippen LogP contribution in [0.25, 0.3) is 33.4 Å². The molecule has 21 N–H and O–H groups in total. The number of hydrogen-bond donors (Lipinski definition) is 18. The first-order valence-electron chi connectivity index (χ1n) is 44.1. The summed E-state index contributed by atoms with van der Waals surface area (Å²) in [7, 11) is -8.27. The SMILES string of the molecule is CC[C@H](C)[C@H](NC(=O)[C@@H](Cc1ccccc1)NC)C(=O)N[C@@H](CO)C(=O)N[C@H](CCC(N)=O)C(=O)N[C@@H](C(=O)N[C@H](C(=O)N[C@@H](CO)C(=O)N[C@H]1C(=O)N[C@@H](CCCCNS(=O)(=O)c2ccc(-c3c4ccc(=[N+](CC)CC)cc-4oc4cc(N(CC)CC)ccc34)c(S(=O)(=O)O)c2)C(=O)N[C@@H](CCCN=C(N)N)C(=O)N[C@@H]([C@@H](C)CC)C(=O)O[C@H]1C)[C@@H](C)CC)[C@@H](C)CC. The van der Waals surface area contributed by atoms with Crippen LogP contribution < -0.4 is 95.2 Å². The number of fused-ring (bicyclic) bond motifs is 2. The Morgan fingerprint density at radius 3 is 1.65 bits per heavy atom. The number of ether oxygens (including phenoxy) is 1. The summed E-state index contributed by atoms with van der Waals surface area (Å²) in [5.74, 6) is -14.5. The van der Waals surface area contributed by atoms with Crippen LogP contribution in [0.15, 0.2) is 104 Å². The van der Waals surface area contributed by atoms with E-state index in [1.807, 2.05) is 82.3 Å². The van der Waals surface area contributed by atoms with Gasteiger partial charge in [-0.2, -0.15) is 8.42 Å². The van der Waals surface area contributed by atoms with Crippen molar-refractivity contribution in [1.82, 2.24) is 67.8 Å². The number of benzene rings is 4. The number of nitrogens with zero attached hydrogens (tertiary/aromatic N) is 3. The van der Waals surface area contributed by atoms with E-state index in [4.69, 9.17) is 26.4 Å². The average molecular weight is 1840 g/mol. The predicted octanol–water partition coefficient (Wildman–Crippen LogP) is 0.670. The summed E-state index contributed by atoms with van der Waals surface area (Å²) < 4.78 is 83.9. The first kappa shape index (κ1) is 107. The largest absolute Gasteiger partial charge is 0.458 e. The van der Waals surface area contributed by atoms with E-state index < -0.39 is 223 Å². The Hall–Kier alpha value is -11.2. The lowest BCUT2D eigenvalue weighted by molar-refractivity contribution is -0.157. The molecule has 2 aliphatic heterocycles. The van der Waals surface area contributed by atoms with Gasteiger partial charge in [0.05, 0.1) is 30.2 Å². The molecule has 0 bridgehead atoms. The molecule has 0 radical (unpaired) electrons. The third-order valence-electron chi connectivity index (χ3n) is 23.6. The van der Waals surface area contributed by atoms with Gasteiger partial charge in [0.15, 0.2) is 5.96 Å². The molecule has 11 amide bonds. The number of likely N-dealkylation sites (N-methyl/N-ethyl adjacent to an activating group) is 1. The third-order valence-corrected chi connectivity index (χ3v) is 25.9. The smallest absolute Gasteiger partial charge is 0.329 e. The van der Waals surface area contributed by atoms with Gasteiger partial charge in [0.2, 0.25) is 80.4 Å². The highest BCUT2D eigenvalue weighted by molar-refractivity contribution is 7.89. The van der Waals surface area contributed by atoms with Gasteiger partial charge in [-0.05, 0) is 146 Å². The summed E-state index contributed by atoms with van der Waals surface area (Å²) in [5.41, 5.74) is 19.5. The number of nitrogens with one attached hydrogen (secondary N) is 12. The minimum atomic E-state index is -5.21. The second kappa shape index (κ2) is 50.6. The minimum Gasteiger partial charge on any atom is -0.458 e. The fourth-order valence-corrected chi connectivity index (χ4v) is 16.7. The lowest BCUT2D eigenvalue weighted by Crippen LogP contribution is -2.63. The van der Waals surface area contributed by atoms with Gasteiger partial charge in [0, 0.05) is 72.5 Å². The zero-order valence-electron chi connectivity index (χ0n) is 76.0. The van der Waals surface area contributed by atoms with Crippen LogP contribution in [-0.4, -0.2) is 241 Å². The van der Waals surface area contributed by atoms with Crippen molar-refractivity contribution in [3.8, 4) is 22.5 Å². The number of nitrogens with two attached hydrogens (primary N) is 3. The van der Waals surface area contributed by atoms with E-state index in [0.29, 0.717) is 60.5 Å². The van der Waals surface area contributed by atoms with Crippen molar-refractivity contribution in [2.45, 2.75) is 249 Å². The van der Waals surface area contributed by atoms with Gasteiger partial charge in [-0.15, -0.1) is 0 Å². The lowest BCUT2D eigenvalue weighted by atomic mass is 9.93. The Labute approximate surface area is 753 Å². The number of rotatable bonds is 48. The molecule has 2 heterocycles. The van der Waals surface area contributed by atoms with Gasteiger partial charge < -0.3 is 100.0 Å². The molecule has 0 aromatic heterocycles. The Balaban J connectivity index is 1.26. The summed E-state index contributed by atoms with van der Waals surface area (Å²) in [6.45, 7) is 22.6. The summed E-state index contributed by atoms with van der Waals surface area (Å²) in [6, 6.07) is 6.33. The van der Waals surface area contributed by atoms with Crippen molar-refractivity contribution in [1.29, 1.82) is 0 Å². The normalized spacial score (nSPS) is 18.4. The van der Waals surface area contributed by atoms with Crippen LogP contribution in [0.4, 0.5) is 5.69 Å². The number of aliphatic hydroxyl groups excluding tert-OH is 2. The molecule has 3 aliphatic rings. The van der Waals surface area contributed by atoms with Crippen LogP contribution in [-0.2, 0) is 88.8 Å². The van der Waals surface area contributed by atoms with Crippen molar-refractivity contribution in [3.63, 3.8) is 0 Å². The van der Waals surface area contributed by atoms with Crippen molar-refractivity contribution < 1.29 is 98.3 Å². The molecule has 41 heteroatoms. The zero-order valence-corrected chi connectivity index (χ0v) is 77.7. The number of aliphatic imine (C=N–C) groups is 1. The molecule has 6 rings (SSSR count). The number of guanidine groups is 1. The molecule has 0 spiro atoms. The predicted molar refractivity (Wildman–Crippen MR) is 485 cm³/mol. The van der Waals surface area contributed by atoms with Crippen molar-refractivity contribution in [2.75, 3.05) is 64.4 Å². The van der Waals surface area contributed by atoms with Crippen LogP contribution >= 0.6 is 0 Å². The van der Waals surface area contributed by atoms with Crippen LogP contribution in [0.2, 0.25) is 0 Å². The van der Waals surface area contributed by atoms with E-state index >= 15 is 4.79 Å². The fraction of sp³-hybridized carbons (Fsp3) is 0.568. The number of amides is 11. The molecule has 712 valence electrons. The van der Waals surface area contributed by atoms with Crippen molar-refractivity contribution in [3.05, 3.63) is 95.8 Å². The number of carbonyl (C=O) groups excluding carboxylic acids is 12. The molecule has 0 unspecified atom stereocenters. The van der Waals surface area contributed by atoms with Crippen molar-refractivity contribution in [2.24, 2.45) is 45.9 Å². The highest BCUT2D eigenvalue weighted by Crippen LogP contribution is 2.44. The quantitative estimate of drug-likeness (QED) is 0.00484. The van der Waals surface area contributed by atoms with Crippen LogP contribution in [0.3, 0.4) is 0 Å². The summed E-state index contributed by atoms with van der Waals surface area (Å²) in [6.07, 6.45) is -1.92. The number of esters is 1. The summed E-state index contributed by atoms with van der Waals surface area (Å²) in [5, 5.41) is 51.4. The lowest BCUT2D eigenvalue weighted by Gasteiger charge is -2.31. The number of anilines is 1. The topological polar surface area (TPSA) is 597 Å². The Kier molecular flexibility index (Phi) is 41.8. The highest BCUT2D eigenvalue weighted by Gasteiger charge is 2.43. The van der Waals surface area contributed by atoms with E-state index in [1.54, 1.807) is 74.6 Å². The van der Waals surface area contributed by atoms with Gasteiger partial charge in [-0.25, -0.2) is 22.5 Å². The molecule has 1 aliphatic carbocycles. The molecular weight excluding hydrogens is 1710 g/mol. The first-order valence-corrected chi connectivity index (χ1v) is 47.0. The maximum atomic E-state index is 15.1. The standard InChI is InChI=1S/C88H132N18O21S2/c1-15-49(9)72(101-80(113)64(92-14)43-54-29-24-23-25-30-54)83(116)98-65(47-107)81(114)96-63(39-40-70(89)109)79(112)100-74(51(11)17-3)85(118)102-73(50(10)16-2)84(117)99-66(48-108)82(115)104-76-53(13)126-87(120)75(52(12)18-4)103-78(111)62(32-28-41-93-88(90)91)95-77(110)61(97-86(76)119)31-26-27-42-94-128(121,122)57-35-38-60(69(46-57)129(123,124)125)71-58-36-33-55(105(19-5)20-6)44-67(58)127-68-45-56(34-37-59(68)71)106(21-7)22-8/h23-25,29-30,33-38,44-46,49-53,61-66,72-76,92,94,107-108H,15-22,26-28,31-32,39-43,47-48H2,1-14H3,(H16-,89,90,91,93,95,96,97,98,99,100,101,102,103,104,109,110,111,112,113,114,115,116,117,118,119,123,124,125)/p+1/t49-,50-,51-,52-,53-,61-,62-,63+,64+,65-,66-,72-,73-,74+,75-,76+/m0/s1. The molecule has 129 heavy (non-hydrogen) atoms. The zero-order chi connectivity index (χ0) is 95.9. The van der Waals surface area contributed by atoms with Gasteiger partial charge in [-0.1, -0.05) is 117 Å². The number of cyclic esters (lactones) is 1. The number of sulfonamides is 1. The molecular formula is C88H133N18O21S2+. The molecule has 1 fully saturated rings. The van der Waals surface area contributed by atoms with Crippen LogP contribution in [0.5, 0.6) is 0 Å². The Bertz CT molecular complexity index is 5030. The maximum Gasteiger partial charge on any atom is 0.329 e.